The molecule has 1 amide bonds. The fourth-order valence-corrected chi connectivity index (χ4v) is 2.96. The third-order valence-electron chi connectivity index (χ3n) is 4.52. The van der Waals surface area contributed by atoms with E-state index in [1.807, 2.05) is 27.9 Å². The molecule has 0 unspecified atom stereocenters. The Morgan fingerprint density at radius 2 is 2.26 bits per heavy atom. The van der Waals surface area contributed by atoms with Crippen molar-refractivity contribution in [2.45, 2.75) is 26.0 Å². The van der Waals surface area contributed by atoms with Crippen LogP contribution in [0, 0.1) is 17.8 Å². The lowest BCUT2D eigenvalue weighted by molar-refractivity contribution is 0.0348. The first-order valence-corrected chi connectivity index (χ1v) is 9.08. The second-order valence-corrected chi connectivity index (χ2v) is 7.20. The molecule has 0 radical (unpaired) electrons. The number of hydrogen-bond acceptors (Lipinski definition) is 6. The molecule has 0 bridgehead atoms. The average molecular weight is 375 g/mol. The van der Waals surface area contributed by atoms with Crippen LogP contribution in [0.15, 0.2) is 12.3 Å². The molecule has 148 valence electrons. The molecule has 1 aliphatic rings. The van der Waals surface area contributed by atoms with Gasteiger partial charge in [-0.05, 0) is 27.1 Å². The number of rotatable bonds is 5. The highest BCUT2D eigenvalue weighted by molar-refractivity contribution is 5.97. The third-order valence-corrected chi connectivity index (χ3v) is 4.52. The summed E-state index contributed by atoms with van der Waals surface area (Å²) in [5, 5.41) is 9.63. The maximum absolute atomic E-state index is 13.2. The zero-order chi connectivity index (χ0) is 20.0. The van der Waals surface area contributed by atoms with Crippen molar-refractivity contribution in [2.24, 2.45) is 5.92 Å². The van der Waals surface area contributed by atoms with Gasteiger partial charge in [0.1, 0.15) is 18.3 Å². The van der Waals surface area contributed by atoms with E-state index in [0.29, 0.717) is 36.7 Å². The minimum absolute atomic E-state index is 0.0847. The van der Waals surface area contributed by atoms with Gasteiger partial charge in [-0.15, -0.1) is 0 Å². The summed E-state index contributed by atoms with van der Waals surface area (Å²) in [4.78, 5) is 21.3. The first-order valence-electron chi connectivity index (χ1n) is 9.08. The Labute approximate surface area is 161 Å². The number of methoxy groups -OCH3 is 1. The monoisotopic (exact) mass is 375 g/mol. The second kappa shape index (κ2) is 9.70. The summed E-state index contributed by atoms with van der Waals surface area (Å²) in [5.74, 6) is 6.00. The van der Waals surface area contributed by atoms with E-state index in [4.69, 9.17) is 9.47 Å². The number of ether oxygens (including phenoxy) is 2. The van der Waals surface area contributed by atoms with Crippen LogP contribution in [0.2, 0.25) is 0 Å². The minimum atomic E-state index is -0.297. The molecule has 7 nitrogen and oxygen atoms in total. The Morgan fingerprint density at radius 1 is 1.52 bits per heavy atom. The molecule has 0 aromatic carbocycles. The lowest BCUT2D eigenvalue weighted by Gasteiger charge is -2.37. The van der Waals surface area contributed by atoms with Gasteiger partial charge in [-0.1, -0.05) is 18.8 Å². The predicted molar refractivity (Wildman–Crippen MR) is 103 cm³/mol. The van der Waals surface area contributed by atoms with Gasteiger partial charge < -0.3 is 24.4 Å². The maximum Gasteiger partial charge on any atom is 0.259 e. The smallest absolute Gasteiger partial charge is 0.259 e. The number of fused-ring (bicyclic) bond motifs is 1. The van der Waals surface area contributed by atoms with Crippen LogP contribution in [0.4, 0.5) is 0 Å². The molecule has 1 aromatic heterocycles. The van der Waals surface area contributed by atoms with Crippen molar-refractivity contribution >= 4 is 5.91 Å². The highest BCUT2D eigenvalue weighted by Gasteiger charge is 2.33. The van der Waals surface area contributed by atoms with Gasteiger partial charge in [-0.2, -0.15) is 0 Å². The first-order chi connectivity index (χ1) is 12.9. The zero-order valence-electron chi connectivity index (χ0n) is 16.7. The van der Waals surface area contributed by atoms with Gasteiger partial charge in [0.15, 0.2) is 0 Å². The molecule has 2 rings (SSSR count). The normalized spacial score (nSPS) is 20.9. The molecule has 3 atom stereocenters. The van der Waals surface area contributed by atoms with Crippen molar-refractivity contribution in [2.75, 3.05) is 47.5 Å². The first kappa shape index (κ1) is 21.2. The second-order valence-electron chi connectivity index (χ2n) is 7.20. The molecule has 0 spiro atoms. The van der Waals surface area contributed by atoms with Gasteiger partial charge in [0, 0.05) is 37.9 Å². The van der Waals surface area contributed by atoms with Crippen molar-refractivity contribution < 1.29 is 19.4 Å². The van der Waals surface area contributed by atoms with E-state index in [9.17, 15) is 9.90 Å². The zero-order valence-corrected chi connectivity index (χ0v) is 16.7. The Bertz CT molecular complexity index is 711. The summed E-state index contributed by atoms with van der Waals surface area (Å²) in [6.45, 7) is 5.29. The van der Waals surface area contributed by atoms with Gasteiger partial charge in [-0.3, -0.25) is 4.79 Å². The van der Waals surface area contributed by atoms with Crippen LogP contribution in [0.25, 0.3) is 0 Å². The molecule has 1 aromatic rings. The number of carbonyl (C=O) groups is 1. The molecular formula is C20H29N3O4. The quantitative estimate of drug-likeness (QED) is 0.770. The standard InChI is InChI=1S/C20H29N3O4/c1-14-11-23(15(2)13-24)20(25)17-9-16(7-6-8-26-5)10-21-19(17)27-18(14)12-22(3)4/h9-10,14-15,18,24H,8,11-13H2,1-5H3/t14-,15+,18-/m1/s1. The lowest BCUT2D eigenvalue weighted by atomic mass is 10.00. The van der Waals surface area contributed by atoms with Crippen molar-refractivity contribution in [1.29, 1.82) is 0 Å². The lowest BCUT2D eigenvalue weighted by Crippen LogP contribution is -2.49. The molecule has 0 saturated heterocycles. The summed E-state index contributed by atoms with van der Waals surface area (Å²) >= 11 is 0. The summed E-state index contributed by atoms with van der Waals surface area (Å²) in [7, 11) is 5.54. The average Bonchev–Trinajstić information content (AvgIpc) is 2.64. The van der Waals surface area contributed by atoms with Crippen LogP contribution < -0.4 is 4.74 Å². The van der Waals surface area contributed by atoms with Gasteiger partial charge in [0.25, 0.3) is 5.91 Å². The minimum Gasteiger partial charge on any atom is -0.472 e. The summed E-state index contributed by atoms with van der Waals surface area (Å²) in [5.41, 5.74) is 0.993. The number of pyridine rings is 1. The van der Waals surface area contributed by atoms with E-state index < -0.39 is 0 Å². The van der Waals surface area contributed by atoms with Crippen LogP contribution in [-0.2, 0) is 4.74 Å². The van der Waals surface area contributed by atoms with Crippen LogP contribution in [0.1, 0.15) is 29.8 Å². The van der Waals surface area contributed by atoms with E-state index >= 15 is 0 Å². The Balaban J connectivity index is 2.46. The largest absolute Gasteiger partial charge is 0.472 e. The van der Waals surface area contributed by atoms with Crippen LogP contribution >= 0.6 is 0 Å². The van der Waals surface area contributed by atoms with E-state index in [2.05, 4.69) is 21.7 Å². The SMILES string of the molecule is COCC#Cc1cnc2c(c1)C(=O)N([C@@H](C)CO)C[C@@H](C)[C@@H](CN(C)C)O2. The molecule has 1 N–H and O–H groups in total. The molecule has 0 fully saturated rings. The predicted octanol–water partition coefficient (Wildman–Crippen LogP) is 0.861. The van der Waals surface area contributed by atoms with E-state index in [0.717, 1.165) is 0 Å². The van der Waals surface area contributed by atoms with Crippen LogP contribution in [-0.4, -0.2) is 85.5 Å². The van der Waals surface area contributed by atoms with Gasteiger partial charge in [-0.25, -0.2) is 4.98 Å². The fourth-order valence-electron chi connectivity index (χ4n) is 2.96. The van der Waals surface area contributed by atoms with E-state index in [-0.39, 0.29) is 30.6 Å². The molecule has 1 aliphatic heterocycles. The van der Waals surface area contributed by atoms with Crippen molar-refractivity contribution in [3.63, 3.8) is 0 Å². The van der Waals surface area contributed by atoms with Crippen LogP contribution in [0.3, 0.4) is 0 Å². The van der Waals surface area contributed by atoms with Gasteiger partial charge in [0.2, 0.25) is 5.88 Å². The number of aromatic nitrogens is 1. The number of amides is 1. The summed E-state index contributed by atoms with van der Waals surface area (Å²) < 4.78 is 11.1. The molecular weight excluding hydrogens is 346 g/mol. The molecule has 0 aliphatic carbocycles. The number of aliphatic hydroxyl groups excluding tert-OH is 1. The highest BCUT2D eigenvalue weighted by atomic mass is 16.5. The number of nitrogens with zero attached hydrogens (tertiary/aromatic N) is 3. The van der Waals surface area contributed by atoms with E-state index in [1.165, 1.54) is 0 Å². The maximum atomic E-state index is 13.2. The highest BCUT2D eigenvalue weighted by Crippen LogP contribution is 2.27. The van der Waals surface area contributed by atoms with E-state index in [1.54, 1.807) is 24.3 Å². The third kappa shape index (κ3) is 5.42. The number of aliphatic hydroxyl groups is 1. The molecule has 27 heavy (non-hydrogen) atoms. The molecule has 0 saturated carbocycles. The summed E-state index contributed by atoms with van der Waals surface area (Å²) in [6.07, 6.45) is 1.48. The number of carbonyl (C=O) groups excluding carboxylic acids is 1. The number of likely N-dealkylation sites (N-methyl/N-ethyl adjacent to an activating group) is 1. The van der Waals surface area contributed by atoms with Gasteiger partial charge >= 0.3 is 0 Å². The Hall–Kier alpha value is -2.14. The van der Waals surface area contributed by atoms with Crippen LogP contribution in [0.5, 0.6) is 5.88 Å². The topological polar surface area (TPSA) is 75.1 Å². The molecule has 7 heteroatoms. The summed E-state index contributed by atoms with van der Waals surface area (Å²) in [6, 6.07) is 1.40. The van der Waals surface area contributed by atoms with Gasteiger partial charge in [0.05, 0.1) is 12.6 Å². The Morgan fingerprint density at radius 3 is 2.89 bits per heavy atom. The van der Waals surface area contributed by atoms with Crippen molar-refractivity contribution in [3.05, 3.63) is 23.4 Å². The van der Waals surface area contributed by atoms with Crippen molar-refractivity contribution in [1.82, 2.24) is 14.8 Å². The number of hydrogen-bond donors (Lipinski definition) is 1. The van der Waals surface area contributed by atoms with Crippen molar-refractivity contribution in [3.8, 4) is 17.7 Å². The Kier molecular flexibility index (Phi) is 7.60. The molecule has 2 heterocycles. The fraction of sp³-hybridized carbons (Fsp3) is 0.600.